The molecule has 0 aromatic carbocycles. The summed E-state index contributed by atoms with van der Waals surface area (Å²) in [5.41, 5.74) is 0. The van der Waals surface area contributed by atoms with E-state index in [9.17, 15) is 4.79 Å². The Labute approximate surface area is 114 Å². The van der Waals surface area contributed by atoms with Crippen molar-refractivity contribution in [2.45, 2.75) is 13.0 Å². The van der Waals surface area contributed by atoms with Crippen molar-refractivity contribution in [1.82, 2.24) is 10.6 Å². The lowest BCUT2D eigenvalue weighted by atomic mass is 10.4. The third kappa shape index (κ3) is 6.78. The standard InChI is InChI=1S/C11H17BrN2O2S/c1-16-7-6-14-11(15)4-5-13-8-9-2-3-10(12)17-9/h2-3,13H,4-8H2,1H3,(H,14,15). The van der Waals surface area contributed by atoms with Gasteiger partial charge in [0.1, 0.15) is 0 Å². The van der Waals surface area contributed by atoms with Crippen molar-refractivity contribution in [2.24, 2.45) is 0 Å². The lowest BCUT2D eigenvalue weighted by Crippen LogP contribution is -2.29. The summed E-state index contributed by atoms with van der Waals surface area (Å²) in [6, 6.07) is 4.10. The highest BCUT2D eigenvalue weighted by Gasteiger charge is 2.01. The summed E-state index contributed by atoms with van der Waals surface area (Å²) in [5.74, 6) is 0.0573. The molecule has 17 heavy (non-hydrogen) atoms. The fourth-order valence-corrected chi connectivity index (χ4v) is 2.69. The summed E-state index contributed by atoms with van der Waals surface area (Å²) in [7, 11) is 1.62. The Morgan fingerprint density at radius 1 is 1.47 bits per heavy atom. The molecule has 0 aliphatic heterocycles. The van der Waals surface area contributed by atoms with E-state index in [1.54, 1.807) is 18.4 Å². The third-order valence-electron chi connectivity index (χ3n) is 2.09. The van der Waals surface area contributed by atoms with Crippen LogP contribution in [0.25, 0.3) is 0 Å². The van der Waals surface area contributed by atoms with Crippen molar-refractivity contribution in [1.29, 1.82) is 0 Å². The van der Waals surface area contributed by atoms with Crippen molar-refractivity contribution in [3.05, 3.63) is 20.8 Å². The number of nitrogens with one attached hydrogen (secondary N) is 2. The van der Waals surface area contributed by atoms with Gasteiger partial charge in [-0.25, -0.2) is 0 Å². The topological polar surface area (TPSA) is 50.4 Å². The van der Waals surface area contributed by atoms with Crippen molar-refractivity contribution < 1.29 is 9.53 Å². The SMILES string of the molecule is COCCNC(=O)CCNCc1ccc(Br)s1. The van der Waals surface area contributed by atoms with Gasteiger partial charge in [0.15, 0.2) is 0 Å². The van der Waals surface area contributed by atoms with Gasteiger partial charge in [0, 0.05) is 38.0 Å². The molecule has 6 heteroatoms. The molecule has 0 atom stereocenters. The average molecular weight is 321 g/mol. The minimum absolute atomic E-state index is 0.0573. The first-order valence-electron chi connectivity index (χ1n) is 5.43. The Bertz CT molecular complexity index is 344. The van der Waals surface area contributed by atoms with Crippen LogP contribution in [0.3, 0.4) is 0 Å². The normalized spacial score (nSPS) is 10.5. The highest BCUT2D eigenvalue weighted by Crippen LogP contribution is 2.21. The number of halogens is 1. The number of carbonyl (C=O) groups excluding carboxylic acids is 1. The van der Waals surface area contributed by atoms with Gasteiger partial charge >= 0.3 is 0 Å². The van der Waals surface area contributed by atoms with Gasteiger partial charge < -0.3 is 15.4 Å². The zero-order valence-electron chi connectivity index (χ0n) is 9.79. The second-order valence-electron chi connectivity index (χ2n) is 3.48. The summed E-state index contributed by atoms with van der Waals surface area (Å²) >= 11 is 5.11. The van der Waals surface area contributed by atoms with Crippen molar-refractivity contribution in [3.63, 3.8) is 0 Å². The van der Waals surface area contributed by atoms with Gasteiger partial charge in [-0.05, 0) is 28.1 Å². The van der Waals surface area contributed by atoms with E-state index in [0.717, 1.165) is 10.3 Å². The van der Waals surface area contributed by atoms with E-state index in [1.807, 2.05) is 6.07 Å². The lowest BCUT2D eigenvalue weighted by molar-refractivity contribution is -0.121. The van der Waals surface area contributed by atoms with Gasteiger partial charge in [-0.2, -0.15) is 0 Å². The average Bonchev–Trinajstić information content (AvgIpc) is 2.71. The molecule has 96 valence electrons. The Morgan fingerprint density at radius 3 is 2.94 bits per heavy atom. The van der Waals surface area contributed by atoms with Crippen LogP contribution in [0.5, 0.6) is 0 Å². The van der Waals surface area contributed by atoms with Crippen LogP contribution in [-0.2, 0) is 16.1 Å². The molecule has 1 aromatic rings. The van der Waals surface area contributed by atoms with Gasteiger partial charge in [0.25, 0.3) is 0 Å². The highest BCUT2D eigenvalue weighted by atomic mass is 79.9. The molecule has 1 amide bonds. The Balaban J connectivity index is 2.02. The number of thiophene rings is 1. The van der Waals surface area contributed by atoms with Gasteiger partial charge in [-0.15, -0.1) is 11.3 Å². The Hall–Kier alpha value is -0.430. The van der Waals surface area contributed by atoms with Crippen LogP contribution in [0.1, 0.15) is 11.3 Å². The summed E-state index contributed by atoms with van der Waals surface area (Å²) in [6.45, 7) is 2.63. The van der Waals surface area contributed by atoms with Crippen LogP contribution < -0.4 is 10.6 Å². The van der Waals surface area contributed by atoms with Gasteiger partial charge in [-0.3, -0.25) is 4.79 Å². The molecule has 2 N–H and O–H groups in total. The second kappa shape index (κ2) is 8.63. The fraction of sp³-hybridized carbons (Fsp3) is 0.545. The molecule has 0 aliphatic carbocycles. The van der Waals surface area contributed by atoms with E-state index in [0.29, 0.717) is 26.1 Å². The zero-order valence-corrected chi connectivity index (χ0v) is 12.2. The zero-order chi connectivity index (χ0) is 12.5. The van der Waals surface area contributed by atoms with Crippen molar-refractivity contribution >= 4 is 33.2 Å². The maximum absolute atomic E-state index is 11.3. The molecule has 0 unspecified atom stereocenters. The first-order valence-corrected chi connectivity index (χ1v) is 7.04. The lowest BCUT2D eigenvalue weighted by Gasteiger charge is -2.05. The summed E-state index contributed by atoms with van der Waals surface area (Å²) in [5, 5.41) is 6.01. The number of methoxy groups -OCH3 is 1. The van der Waals surface area contributed by atoms with Crippen LogP contribution >= 0.6 is 27.3 Å². The fourth-order valence-electron chi connectivity index (χ4n) is 1.24. The number of carbonyl (C=O) groups is 1. The molecule has 0 spiro atoms. The Kier molecular flexibility index (Phi) is 7.43. The van der Waals surface area contributed by atoms with Crippen LogP contribution in [0.4, 0.5) is 0 Å². The van der Waals surface area contributed by atoms with Gasteiger partial charge in [0.2, 0.25) is 5.91 Å². The maximum atomic E-state index is 11.3. The monoisotopic (exact) mass is 320 g/mol. The van der Waals surface area contributed by atoms with Crippen LogP contribution in [0.15, 0.2) is 15.9 Å². The van der Waals surface area contributed by atoms with E-state index >= 15 is 0 Å². The number of rotatable bonds is 8. The smallest absolute Gasteiger partial charge is 0.221 e. The molecule has 0 fully saturated rings. The van der Waals surface area contributed by atoms with Gasteiger partial charge in [0.05, 0.1) is 10.4 Å². The highest BCUT2D eigenvalue weighted by molar-refractivity contribution is 9.11. The predicted molar refractivity (Wildman–Crippen MR) is 73.2 cm³/mol. The molecule has 1 rings (SSSR count). The van der Waals surface area contributed by atoms with E-state index in [1.165, 1.54) is 4.88 Å². The van der Waals surface area contributed by atoms with Crippen molar-refractivity contribution in [3.8, 4) is 0 Å². The van der Waals surface area contributed by atoms with Crippen molar-refractivity contribution in [2.75, 3.05) is 26.8 Å². The van der Waals surface area contributed by atoms with E-state index < -0.39 is 0 Å². The number of hydrogen-bond acceptors (Lipinski definition) is 4. The minimum atomic E-state index is 0.0573. The molecular formula is C11H17BrN2O2S. The first kappa shape index (κ1) is 14.6. The number of hydrogen-bond donors (Lipinski definition) is 2. The Morgan fingerprint density at radius 2 is 2.29 bits per heavy atom. The predicted octanol–water partition coefficient (Wildman–Crippen LogP) is 1.75. The van der Waals surface area contributed by atoms with Crippen LogP contribution in [-0.4, -0.2) is 32.7 Å². The first-order chi connectivity index (χ1) is 8.22. The third-order valence-corrected chi connectivity index (χ3v) is 3.71. The molecule has 0 bridgehead atoms. The van der Waals surface area contributed by atoms with E-state index in [4.69, 9.17) is 4.74 Å². The molecule has 4 nitrogen and oxygen atoms in total. The molecule has 1 heterocycles. The molecule has 0 saturated heterocycles. The second-order valence-corrected chi connectivity index (χ2v) is 6.02. The quantitative estimate of drug-likeness (QED) is 0.717. The summed E-state index contributed by atoms with van der Waals surface area (Å²) < 4.78 is 5.98. The molecular weight excluding hydrogens is 304 g/mol. The van der Waals surface area contributed by atoms with E-state index in [-0.39, 0.29) is 5.91 Å². The van der Waals surface area contributed by atoms with Crippen LogP contribution in [0, 0.1) is 0 Å². The van der Waals surface area contributed by atoms with Crippen LogP contribution in [0.2, 0.25) is 0 Å². The number of amides is 1. The van der Waals surface area contributed by atoms with Gasteiger partial charge in [-0.1, -0.05) is 0 Å². The molecule has 1 aromatic heterocycles. The molecule has 0 saturated carbocycles. The maximum Gasteiger partial charge on any atom is 0.221 e. The van der Waals surface area contributed by atoms with E-state index in [2.05, 4.69) is 32.6 Å². The molecule has 0 radical (unpaired) electrons. The molecule has 0 aliphatic rings. The summed E-state index contributed by atoms with van der Waals surface area (Å²) in [6.07, 6.45) is 0.496. The summed E-state index contributed by atoms with van der Waals surface area (Å²) in [4.78, 5) is 12.6. The largest absolute Gasteiger partial charge is 0.383 e. The number of ether oxygens (including phenoxy) is 1. The minimum Gasteiger partial charge on any atom is -0.383 e.